The van der Waals surface area contributed by atoms with Gasteiger partial charge in [0, 0.05) is 6.07 Å². The van der Waals surface area contributed by atoms with Gasteiger partial charge in [0.2, 0.25) is 0 Å². The van der Waals surface area contributed by atoms with Crippen molar-refractivity contribution in [2.75, 3.05) is 27.4 Å². The van der Waals surface area contributed by atoms with Crippen LogP contribution in [0.3, 0.4) is 0 Å². The number of benzene rings is 2. The lowest BCUT2D eigenvalue weighted by molar-refractivity contribution is 0.0595. The Hall–Kier alpha value is -2.69. The van der Waals surface area contributed by atoms with Crippen LogP contribution in [0.2, 0.25) is 0 Å². The van der Waals surface area contributed by atoms with Crippen molar-refractivity contribution < 1.29 is 23.7 Å². The van der Waals surface area contributed by atoms with Gasteiger partial charge in [0.1, 0.15) is 36.0 Å². The molecule has 0 spiro atoms. The first kappa shape index (κ1) is 15.7. The maximum Gasteiger partial charge on any atom is 0.341 e. The second kappa shape index (κ2) is 7.93. The van der Waals surface area contributed by atoms with E-state index < -0.39 is 5.97 Å². The van der Waals surface area contributed by atoms with Gasteiger partial charge in [-0.2, -0.15) is 0 Å². The Balaban J connectivity index is 1.97. The van der Waals surface area contributed by atoms with E-state index in [0.717, 1.165) is 5.75 Å². The van der Waals surface area contributed by atoms with Crippen molar-refractivity contribution >= 4 is 5.97 Å². The van der Waals surface area contributed by atoms with Gasteiger partial charge in [-0.25, -0.2) is 4.79 Å². The highest BCUT2D eigenvalue weighted by Gasteiger charge is 2.14. The van der Waals surface area contributed by atoms with E-state index in [1.54, 1.807) is 25.3 Å². The first-order valence-electron chi connectivity index (χ1n) is 6.81. The third-order valence-electron chi connectivity index (χ3n) is 2.95. The fourth-order valence-corrected chi connectivity index (χ4v) is 1.86. The van der Waals surface area contributed by atoms with E-state index >= 15 is 0 Å². The number of ether oxygens (including phenoxy) is 4. The van der Waals surface area contributed by atoms with Crippen LogP contribution < -0.4 is 14.2 Å². The molecule has 0 aliphatic rings. The summed E-state index contributed by atoms with van der Waals surface area (Å²) in [4.78, 5) is 11.7. The summed E-state index contributed by atoms with van der Waals surface area (Å²) in [6.45, 7) is 0.661. The number of para-hydroxylation sites is 1. The average Bonchev–Trinajstić information content (AvgIpc) is 2.58. The number of carbonyl (C=O) groups is 1. The SMILES string of the molecule is COC(=O)c1ccc(OC)cc1OCCOc1ccccc1. The van der Waals surface area contributed by atoms with Crippen molar-refractivity contribution in [3.8, 4) is 17.2 Å². The van der Waals surface area contributed by atoms with E-state index in [0.29, 0.717) is 30.3 Å². The molecule has 0 amide bonds. The van der Waals surface area contributed by atoms with Gasteiger partial charge >= 0.3 is 5.97 Å². The summed E-state index contributed by atoms with van der Waals surface area (Å²) in [5.74, 6) is 1.32. The monoisotopic (exact) mass is 302 g/mol. The minimum absolute atomic E-state index is 0.298. The predicted octanol–water partition coefficient (Wildman–Crippen LogP) is 2.94. The van der Waals surface area contributed by atoms with Crippen LogP contribution in [0.5, 0.6) is 17.2 Å². The molecule has 0 heterocycles. The van der Waals surface area contributed by atoms with E-state index in [4.69, 9.17) is 18.9 Å². The highest BCUT2D eigenvalue weighted by molar-refractivity contribution is 5.92. The number of esters is 1. The standard InChI is InChI=1S/C17H18O5/c1-19-14-8-9-15(17(18)20-2)16(12-14)22-11-10-21-13-6-4-3-5-7-13/h3-9,12H,10-11H2,1-2H3. The van der Waals surface area contributed by atoms with E-state index in [1.807, 2.05) is 30.3 Å². The summed E-state index contributed by atoms with van der Waals surface area (Å²) in [7, 11) is 2.88. The minimum atomic E-state index is -0.457. The lowest BCUT2D eigenvalue weighted by atomic mass is 10.2. The van der Waals surface area contributed by atoms with Crippen LogP contribution >= 0.6 is 0 Å². The summed E-state index contributed by atoms with van der Waals surface area (Å²) >= 11 is 0. The lowest BCUT2D eigenvalue weighted by Crippen LogP contribution is -2.12. The maximum atomic E-state index is 11.7. The topological polar surface area (TPSA) is 54.0 Å². The van der Waals surface area contributed by atoms with E-state index in [1.165, 1.54) is 7.11 Å². The van der Waals surface area contributed by atoms with E-state index in [-0.39, 0.29) is 0 Å². The van der Waals surface area contributed by atoms with Crippen molar-refractivity contribution in [3.63, 3.8) is 0 Å². The third kappa shape index (κ3) is 4.15. The van der Waals surface area contributed by atoms with Crippen LogP contribution in [0.25, 0.3) is 0 Å². The van der Waals surface area contributed by atoms with Gasteiger partial charge in [-0.3, -0.25) is 0 Å². The number of hydrogen-bond acceptors (Lipinski definition) is 5. The molecule has 0 radical (unpaired) electrons. The molecule has 2 aromatic carbocycles. The molecule has 5 heteroatoms. The Morgan fingerprint density at radius 3 is 2.32 bits per heavy atom. The zero-order valence-electron chi connectivity index (χ0n) is 12.6. The highest BCUT2D eigenvalue weighted by atomic mass is 16.5. The lowest BCUT2D eigenvalue weighted by Gasteiger charge is -2.12. The molecule has 5 nitrogen and oxygen atoms in total. The summed E-state index contributed by atoms with van der Waals surface area (Å²) < 4.78 is 21.0. The van der Waals surface area contributed by atoms with Crippen LogP contribution in [-0.4, -0.2) is 33.4 Å². The van der Waals surface area contributed by atoms with Crippen molar-refractivity contribution in [1.29, 1.82) is 0 Å². The van der Waals surface area contributed by atoms with E-state index in [2.05, 4.69) is 0 Å². The van der Waals surface area contributed by atoms with Gasteiger partial charge in [-0.1, -0.05) is 18.2 Å². The average molecular weight is 302 g/mol. The number of methoxy groups -OCH3 is 2. The van der Waals surface area contributed by atoms with Gasteiger partial charge in [0.05, 0.1) is 14.2 Å². The molecule has 0 bridgehead atoms. The largest absolute Gasteiger partial charge is 0.497 e. The number of hydrogen-bond donors (Lipinski definition) is 0. The van der Waals surface area contributed by atoms with Gasteiger partial charge < -0.3 is 18.9 Å². The molecule has 0 aromatic heterocycles. The Morgan fingerprint density at radius 1 is 0.909 bits per heavy atom. The summed E-state index contributed by atoms with van der Waals surface area (Å²) in [5, 5.41) is 0. The van der Waals surface area contributed by atoms with Crippen molar-refractivity contribution in [2.24, 2.45) is 0 Å². The van der Waals surface area contributed by atoms with Crippen LogP contribution in [0.15, 0.2) is 48.5 Å². The summed E-state index contributed by atoms with van der Waals surface area (Å²) in [5.41, 5.74) is 0.350. The minimum Gasteiger partial charge on any atom is -0.497 e. The van der Waals surface area contributed by atoms with Gasteiger partial charge in [0.25, 0.3) is 0 Å². The van der Waals surface area contributed by atoms with Crippen molar-refractivity contribution in [3.05, 3.63) is 54.1 Å². The normalized spacial score (nSPS) is 9.91. The molecule has 0 atom stereocenters. The molecular weight excluding hydrogens is 284 g/mol. The number of carbonyl (C=O) groups excluding carboxylic acids is 1. The van der Waals surface area contributed by atoms with Gasteiger partial charge in [0.15, 0.2) is 0 Å². The summed E-state index contributed by atoms with van der Waals surface area (Å²) in [6.07, 6.45) is 0. The Labute approximate surface area is 129 Å². The molecule has 116 valence electrons. The molecule has 0 unspecified atom stereocenters. The third-order valence-corrected chi connectivity index (χ3v) is 2.95. The highest BCUT2D eigenvalue weighted by Crippen LogP contribution is 2.25. The van der Waals surface area contributed by atoms with Crippen LogP contribution in [0, 0.1) is 0 Å². The van der Waals surface area contributed by atoms with Crippen LogP contribution in [0.1, 0.15) is 10.4 Å². The van der Waals surface area contributed by atoms with E-state index in [9.17, 15) is 4.79 Å². The second-order valence-corrected chi connectivity index (χ2v) is 4.36. The molecule has 2 aromatic rings. The smallest absolute Gasteiger partial charge is 0.341 e. The first-order chi connectivity index (χ1) is 10.7. The quantitative estimate of drug-likeness (QED) is 0.581. The van der Waals surface area contributed by atoms with Crippen molar-refractivity contribution in [2.45, 2.75) is 0 Å². The molecule has 0 saturated heterocycles. The molecule has 22 heavy (non-hydrogen) atoms. The fourth-order valence-electron chi connectivity index (χ4n) is 1.86. The van der Waals surface area contributed by atoms with Crippen LogP contribution in [0.4, 0.5) is 0 Å². The molecule has 0 N–H and O–H groups in total. The Morgan fingerprint density at radius 2 is 1.64 bits per heavy atom. The second-order valence-electron chi connectivity index (χ2n) is 4.36. The summed E-state index contributed by atoms with van der Waals surface area (Å²) in [6, 6.07) is 14.4. The van der Waals surface area contributed by atoms with Crippen LogP contribution in [-0.2, 0) is 4.74 Å². The van der Waals surface area contributed by atoms with Crippen molar-refractivity contribution in [1.82, 2.24) is 0 Å². The maximum absolute atomic E-state index is 11.7. The molecule has 0 aliphatic carbocycles. The Bertz CT molecular complexity index is 610. The predicted molar refractivity (Wildman–Crippen MR) is 81.8 cm³/mol. The molecule has 0 aliphatic heterocycles. The zero-order chi connectivity index (χ0) is 15.8. The molecule has 0 fully saturated rings. The molecule has 0 saturated carbocycles. The fraction of sp³-hybridized carbons (Fsp3) is 0.235. The number of rotatable bonds is 7. The molecular formula is C17H18O5. The Kier molecular flexibility index (Phi) is 5.65. The van der Waals surface area contributed by atoms with Gasteiger partial charge in [-0.05, 0) is 24.3 Å². The molecule has 2 rings (SSSR count). The first-order valence-corrected chi connectivity index (χ1v) is 6.81. The van der Waals surface area contributed by atoms with Gasteiger partial charge in [-0.15, -0.1) is 0 Å². The zero-order valence-corrected chi connectivity index (χ0v) is 12.6.